The highest BCUT2D eigenvalue weighted by atomic mass is 35.5. The molecule has 0 fully saturated rings. The molecule has 17 heavy (non-hydrogen) atoms. The Morgan fingerprint density at radius 2 is 1.88 bits per heavy atom. The molecule has 0 saturated heterocycles. The van der Waals surface area contributed by atoms with E-state index in [0.717, 1.165) is 6.54 Å². The number of ether oxygens (including phenoxy) is 1. The molecule has 1 heterocycles. The van der Waals surface area contributed by atoms with Crippen LogP contribution in [-0.2, 0) is 0 Å². The van der Waals surface area contributed by atoms with Crippen LogP contribution in [0.15, 0.2) is 0 Å². The second-order valence-corrected chi connectivity index (χ2v) is 5.63. The van der Waals surface area contributed by atoms with Gasteiger partial charge in [0.05, 0.1) is 6.10 Å². The van der Waals surface area contributed by atoms with Crippen molar-refractivity contribution in [2.75, 3.05) is 11.9 Å². The van der Waals surface area contributed by atoms with Crippen LogP contribution in [0.25, 0.3) is 0 Å². The first kappa shape index (κ1) is 14.0. The van der Waals surface area contributed by atoms with Crippen LogP contribution in [0.2, 0.25) is 5.28 Å². The van der Waals surface area contributed by atoms with Crippen LogP contribution < -0.4 is 10.1 Å². The number of aromatic nitrogens is 3. The van der Waals surface area contributed by atoms with Crippen molar-refractivity contribution in [3.05, 3.63) is 5.28 Å². The summed E-state index contributed by atoms with van der Waals surface area (Å²) in [7, 11) is 0. The van der Waals surface area contributed by atoms with Crippen molar-refractivity contribution in [3.63, 3.8) is 0 Å². The molecule has 0 aliphatic heterocycles. The van der Waals surface area contributed by atoms with E-state index in [-0.39, 0.29) is 22.8 Å². The van der Waals surface area contributed by atoms with Gasteiger partial charge in [0, 0.05) is 6.54 Å². The fourth-order valence-electron chi connectivity index (χ4n) is 1.02. The first-order chi connectivity index (χ1) is 7.76. The van der Waals surface area contributed by atoms with E-state index in [9.17, 15) is 0 Å². The average Bonchev–Trinajstić information content (AvgIpc) is 2.11. The monoisotopic (exact) mass is 258 g/mol. The van der Waals surface area contributed by atoms with Crippen LogP contribution in [0.4, 0.5) is 5.95 Å². The quantitative estimate of drug-likeness (QED) is 0.900. The van der Waals surface area contributed by atoms with Crippen LogP contribution in [0.1, 0.15) is 34.6 Å². The van der Waals surface area contributed by atoms with Gasteiger partial charge in [0.25, 0.3) is 0 Å². The average molecular weight is 259 g/mol. The predicted molar refractivity (Wildman–Crippen MR) is 68.5 cm³/mol. The molecule has 5 nitrogen and oxygen atoms in total. The first-order valence-corrected chi connectivity index (χ1v) is 5.96. The van der Waals surface area contributed by atoms with E-state index in [1.165, 1.54) is 0 Å². The molecule has 0 aromatic carbocycles. The highest BCUT2D eigenvalue weighted by Crippen LogP contribution is 2.16. The number of hydrogen-bond donors (Lipinski definition) is 1. The molecule has 0 amide bonds. The lowest BCUT2D eigenvalue weighted by molar-refractivity contribution is 0.222. The fraction of sp³-hybridized carbons (Fsp3) is 0.727. The molecule has 0 aliphatic rings. The van der Waals surface area contributed by atoms with E-state index in [1.54, 1.807) is 0 Å². The van der Waals surface area contributed by atoms with Gasteiger partial charge < -0.3 is 10.1 Å². The Morgan fingerprint density at radius 1 is 1.24 bits per heavy atom. The summed E-state index contributed by atoms with van der Waals surface area (Å²) in [4.78, 5) is 12.0. The maximum Gasteiger partial charge on any atom is 0.322 e. The van der Waals surface area contributed by atoms with Crippen LogP contribution in [0, 0.1) is 5.41 Å². The molecule has 1 aromatic heterocycles. The van der Waals surface area contributed by atoms with Gasteiger partial charge in [-0.2, -0.15) is 15.0 Å². The molecule has 0 aliphatic carbocycles. The molecule has 0 spiro atoms. The van der Waals surface area contributed by atoms with Crippen molar-refractivity contribution >= 4 is 17.5 Å². The zero-order valence-electron chi connectivity index (χ0n) is 10.9. The van der Waals surface area contributed by atoms with E-state index < -0.39 is 0 Å². The fourth-order valence-corrected chi connectivity index (χ4v) is 1.17. The van der Waals surface area contributed by atoms with Gasteiger partial charge in [-0.3, -0.25) is 0 Å². The number of halogens is 1. The third kappa shape index (κ3) is 5.68. The molecule has 1 N–H and O–H groups in total. The van der Waals surface area contributed by atoms with Gasteiger partial charge in [-0.15, -0.1) is 0 Å². The molecule has 96 valence electrons. The Hall–Kier alpha value is -1.10. The summed E-state index contributed by atoms with van der Waals surface area (Å²) in [6, 6.07) is 0.247. The lowest BCUT2D eigenvalue weighted by Gasteiger charge is -2.18. The van der Waals surface area contributed by atoms with Crippen molar-refractivity contribution in [1.82, 2.24) is 15.0 Å². The highest BCUT2D eigenvalue weighted by molar-refractivity contribution is 6.28. The third-order valence-corrected chi connectivity index (χ3v) is 1.87. The van der Waals surface area contributed by atoms with Gasteiger partial charge >= 0.3 is 6.01 Å². The van der Waals surface area contributed by atoms with Crippen LogP contribution in [0.5, 0.6) is 6.01 Å². The standard InChI is InChI=1S/C11H19ClN4O/c1-7(2)17-10-15-8(12)14-9(16-10)13-6-11(3,4)5/h7H,6H2,1-5H3,(H,13,14,15,16). The maximum absolute atomic E-state index is 5.80. The Kier molecular flexibility index (Phi) is 4.51. The summed E-state index contributed by atoms with van der Waals surface area (Å²) in [6.07, 6.45) is 0.00364. The molecule has 1 aromatic rings. The second kappa shape index (κ2) is 5.49. The van der Waals surface area contributed by atoms with Crippen molar-refractivity contribution in [1.29, 1.82) is 0 Å². The Bertz CT molecular complexity index is 376. The molecule has 0 bridgehead atoms. The number of anilines is 1. The van der Waals surface area contributed by atoms with E-state index in [4.69, 9.17) is 16.3 Å². The normalized spacial score (nSPS) is 11.7. The smallest absolute Gasteiger partial charge is 0.322 e. The van der Waals surface area contributed by atoms with E-state index >= 15 is 0 Å². The Morgan fingerprint density at radius 3 is 2.41 bits per heavy atom. The summed E-state index contributed by atoms with van der Waals surface area (Å²) in [6.45, 7) is 10.9. The number of nitrogens with zero attached hydrogens (tertiary/aromatic N) is 3. The number of rotatable bonds is 4. The Balaban J connectivity index is 2.75. The van der Waals surface area contributed by atoms with Crippen LogP contribution in [0.3, 0.4) is 0 Å². The summed E-state index contributed by atoms with van der Waals surface area (Å²) in [5.41, 5.74) is 0.137. The topological polar surface area (TPSA) is 59.9 Å². The summed E-state index contributed by atoms with van der Waals surface area (Å²) in [5.74, 6) is 0.440. The minimum absolute atomic E-state index is 0.00364. The minimum Gasteiger partial charge on any atom is -0.461 e. The lowest BCUT2D eigenvalue weighted by atomic mass is 9.97. The third-order valence-electron chi connectivity index (χ3n) is 1.71. The zero-order chi connectivity index (χ0) is 13.1. The Labute approximate surface area is 107 Å². The molecule has 0 unspecified atom stereocenters. The lowest BCUT2D eigenvalue weighted by Crippen LogP contribution is -2.21. The van der Waals surface area contributed by atoms with Gasteiger partial charge in [0.2, 0.25) is 11.2 Å². The molecule has 0 radical (unpaired) electrons. The zero-order valence-corrected chi connectivity index (χ0v) is 11.7. The molecule has 0 atom stereocenters. The summed E-state index contributed by atoms with van der Waals surface area (Å²) < 4.78 is 5.38. The SMILES string of the molecule is CC(C)Oc1nc(Cl)nc(NCC(C)(C)C)n1. The summed E-state index contributed by atoms with van der Waals surface area (Å²) in [5, 5.41) is 3.24. The minimum atomic E-state index is 0.00364. The van der Waals surface area contributed by atoms with E-state index in [1.807, 2.05) is 13.8 Å². The van der Waals surface area contributed by atoms with E-state index in [2.05, 4.69) is 41.0 Å². The molecule has 6 heteroatoms. The van der Waals surface area contributed by atoms with Crippen LogP contribution >= 0.6 is 11.6 Å². The second-order valence-electron chi connectivity index (χ2n) is 5.29. The largest absolute Gasteiger partial charge is 0.461 e. The van der Waals surface area contributed by atoms with Crippen molar-refractivity contribution in [3.8, 4) is 6.01 Å². The van der Waals surface area contributed by atoms with Gasteiger partial charge in [0.1, 0.15) is 0 Å². The van der Waals surface area contributed by atoms with E-state index in [0.29, 0.717) is 5.95 Å². The number of hydrogen-bond acceptors (Lipinski definition) is 5. The molecular formula is C11H19ClN4O. The van der Waals surface area contributed by atoms with Crippen molar-refractivity contribution in [2.24, 2.45) is 5.41 Å². The van der Waals surface area contributed by atoms with Gasteiger partial charge in [-0.05, 0) is 30.9 Å². The predicted octanol–water partition coefficient (Wildman–Crippen LogP) is 2.77. The van der Waals surface area contributed by atoms with Crippen LogP contribution in [-0.4, -0.2) is 27.6 Å². The van der Waals surface area contributed by atoms with Gasteiger partial charge in [-0.1, -0.05) is 20.8 Å². The van der Waals surface area contributed by atoms with Crippen molar-refractivity contribution in [2.45, 2.75) is 40.7 Å². The van der Waals surface area contributed by atoms with Gasteiger partial charge in [-0.25, -0.2) is 0 Å². The molecular weight excluding hydrogens is 240 g/mol. The first-order valence-electron chi connectivity index (χ1n) is 5.58. The molecule has 0 saturated carbocycles. The summed E-state index contributed by atoms with van der Waals surface area (Å²) >= 11 is 5.80. The molecule has 1 rings (SSSR count). The number of nitrogens with one attached hydrogen (secondary N) is 1. The maximum atomic E-state index is 5.80. The highest BCUT2D eigenvalue weighted by Gasteiger charge is 2.12. The van der Waals surface area contributed by atoms with Gasteiger partial charge in [0.15, 0.2) is 0 Å². The van der Waals surface area contributed by atoms with Crippen molar-refractivity contribution < 1.29 is 4.74 Å².